The molecule has 0 saturated carbocycles. The standard InChI is InChI=1S/C21H24ClFN4O5S2/c22-18-12-24-21(33-18)25-20(29)17(10-14-4-8-32-9-5-14)27-7-6-26(13-19(27)28)34(30,31)16-3-1-2-15(23)11-16/h1-3,11-12,14,17H,4-10,13H2,(H,24,25,29)/t17-/m0/s1. The topological polar surface area (TPSA) is 109 Å². The van der Waals surface area contributed by atoms with Gasteiger partial charge < -0.3 is 15.0 Å². The zero-order chi connectivity index (χ0) is 24.3. The number of aromatic nitrogens is 1. The van der Waals surface area contributed by atoms with Gasteiger partial charge in [-0.3, -0.25) is 9.59 Å². The zero-order valence-corrected chi connectivity index (χ0v) is 20.5. The van der Waals surface area contributed by atoms with Crippen molar-refractivity contribution < 1.29 is 27.1 Å². The van der Waals surface area contributed by atoms with Crippen LogP contribution in [0.25, 0.3) is 0 Å². The Labute approximate surface area is 205 Å². The fraction of sp³-hybridized carbons (Fsp3) is 0.476. The zero-order valence-electron chi connectivity index (χ0n) is 18.2. The van der Waals surface area contributed by atoms with Gasteiger partial charge in [-0.1, -0.05) is 29.0 Å². The van der Waals surface area contributed by atoms with Gasteiger partial charge in [-0.05, 0) is 43.4 Å². The third-order valence-electron chi connectivity index (χ3n) is 5.94. The van der Waals surface area contributed by atoms with E-state index >= 15 is 0 Å². The van der Waals surface area contributed by atoms with Crippen LogP contribution in [0.5, 0.6) is 0 Å². The summed E-state index contributed by atoms with van der Waals surface area (Å²) in [5.74, 6) is -1.38. The number of thiazole rings is 1. The van der Waals surface area contributed by atoms with Crippen molar-refractivity contribution in [1.29, 1.82) is 0 Å². The second kappa shape index (κ2) is 10.6. The predicted octanol–water partition coefficient (Wildman–Crippen LogP) is 2.59. The Hall–Kier alpha value is -2.12. The van der Waals surface area contributed by atoms with Gasteiger partial charge in [-0.2, -0.15) is 4.31 Å². The van der Waals surface area contributed by atoms with Crippen LogP contribution in [0.3, 0.4) is 0 Å². The number of nitrogens with one attached hydrogen (secondary N) is 1. The lowest BCUT2D eigenvalue weighted by Gasteiger charge is -2.39. The third-order valence-corrected chi connectivity index (χ3v) is 8.81. The molecule has 0 aliphatic carbocycles. The highest BCUT2D eigenvalue weighted by Gasteiger charge is 2.39. The van der Waals surface area contributed by atoms with E-state index in [2.05, 4.69) is 10.3 Å². The highest BCUT2D eigenvalue weighted by molar-refractivity contribution is 7.89. The van der Waals surface area contributed by atoms with Crippen molar-refractivity contribution in [3.05, 3.63) is 40.6 Å². The number of rotatable bonds is 7. The summed E-state index contributed by atoms with van der Waals surface area (Å²) >= 11 is 7.02. The summed E-state index contributed by atoms with van der Waals surface area (Å²) in [7, 11) is -4.05. The highest BCUT2D eigenvalue weighted by Crippen LogP contribution is 2.28. The summed E-state index contributed by atoms with van der Waals surface area (Å²) < 4.78 is 46.3. The SMILES string of the molecule is O=C(Nc1ncc(Cl)s1)[C@H](CC1CCOCC1)N1CCN(S(=O)(=O)c2cccc(F)c2)CC1=O. The summed E-state index contributed by atoms with van der Waals surface area (Å²) in [6, 6.07) is 3.87. The van der Waals surface area contributed by atoms with Gasteiger partial charge in [0.05, 0.1) is 17.6 Å². The van der Waals surface area contributed by atoms with Gasteiger partial charge >= 0.3 is 0 Å². The van der Waals surface area contributed by atoms with Gasteiger partial charge in [-0.15, -0.1) is 0 Å². The van der Waals surface area contributed by atoms with Crippen molar-refractivity contribution in [2.75, 3.05) is 38.2 Å². The van der Waals surface area contributed by atoms with Gasteiger partial charge in [0.2, 0.25) is 21.8 Å². The summed E-state index contributed by atoms with van der Waals surface area (Å²) in [6.45, 7) is 0.779. The van der Waals surface area contributed by atoms with Crippen molar-refractivity contribution in [3.63, 3.8) is 0 Å². The lowest BCUT2D eigenvalue weighted by atomic mass is 9.91. The normalized spacial score (nSPS) is 19.2. The van der Waals surface area contributed by atoms with E-state index in [0.717, 1.165) is 40.6 Å². The summed E-state index contributed by atoms with van der Waals surface area (Å²) in [6.07, 6.45) is 3.40. The molecule has 9 nitrogen and oxygen atoms in total. The fourth-order valence-electron chi connectivity index (χ4n) is 4.15. The van der Waals surface area contributed by atoms with Crippen LogP contribution in [0.1, 0.15) is 19.3 Å². The Balaban J connectivity index is 1.51. The number of piperazine rings is 1. The second-order valence-corrected chi connectivity index (χ2v) is 11.7. The van der Waals surface area contributed by atoms with Gasteiger partial charge in [0.25, 0.3) is 0 Å². The summed E-state index contributed by atoms with van der Waals surface area (Å²) in [5, 5.41) is 3.05. The van der Waals surface area contributed by atoms with Crippen LogP contribution in [-0.4, -0.2) is 73.3 Å². The first kappa shape index (κ1) is 25.0. The number of benzene rings is 1. The van der Waals surface area contributed by atoms with Crippen LogP contribution in [-0.2, 0) is 24.3 Å². The molecule has 0 unspecified atom stereocenters. The predicted molar refractivity (Wildman–Crippen MR) is 125 cm³/mol. The van der Waals surface area contributed by atoms with Crippen LogP contribution < -0.4 is 5.32 Å². The molecular weight excluding hydrogens is 507 g/mol. The van der Waals surface area contributed by atoms with Crippen molar-refractivity contribution >= 4 is 49.9 Å². The molecule has 1 N–H and O–H groups in total. The van der Waals surface area contributed by atoms with Crippen molar-refractivity contribution in [3.8, 4) is 0 Å². The number of carbonyl (C=O) groups is 2. The maximum absolute atomic E-state index is 13.6. The largest absolute Gasteiger partial charge is 0.381 e. The fourth-order valence-corrected chi connectivity index (χ4v) is 6.38. The van der Waals surface area contributed by atoms with Crippen molar-refractivity contribution in [2.45, 2.75) is 30.2 Å². The Morgan fingerprint density at radius 3 is 2.74 bits per heavy atom. The van der Waals surface area contributed by atoms with E-state index in [1.165, 1.54) is 23.2 Å². The number of halogens is 2. The molecule has 0 spiro atoms. The molecule has 2 saturated heterocycles. The van der Waals surface area contributed by atoms with E-state index in [1.54, 1.807) is 0 Å². The first-order chi connectivity index (χ1) is 16.2. The minimum Gasteiger partial charge on any atom is -0.381 e. The molecule has 2 aromatic rings. The van der Waals surface area contributed by atoms with Crippen LogP contribution in [0.2, 0.25) is 4.34 Å². The molecule has 0 radical (unpaired) electrons. The molecule has 34 heavy (non-hydrogen) atoms. The van der Waals surface area contributed by atoms with Gasteiger partial charge in [0, 0.05) is 26.3 Å². The number of hydrogen-bond acceptors (Lipinski definition) is 7. The molecule has 13 heteroatoms. The molecule has 0 bridgehead atoms. The minimum absolute atomic E-state index is 0.00871. The van der Waals surface area contributed by atoms with E-state index in [-0.39, 0.29) is 23.9 Å². The molecule has 2 aliphatic heterocycles. The number of anilines is 1. The lowest BCUT2D eigenvalue weighted by Crippen LogP contribution is -2.58. The number of amides is 2. The number of carbonyl (C=O) groups excluding carboxylic acids is 2. The summed E-state index contributed by atoms with van der Waals surface area (Å²) in [4.78, 5) is 31.6. The molecule has 1 aromatic heterocycles. The van der Waals surface area contributed by atoms with Gasteiger partial charge in [0.15, 0.2) is 5.13 Å². The smallest absolute Gasteiger partial charge is 0.248 e. The molecule has 3 heterocycles. The second-order valence-electron chi connectivity index (χ2n) is 8.15. The molecule has 1 aromatic carbocycles. The number of nitrogens with zero attached hydrogens (tertiary/aromatic N) is 3. The molecule has 1 atom stereocenters. The third kappa shape index (κ3) is 5.74. The van der Waals surface area contributed by atoms with Gasteiger partial charge in [0.1, 0.15) is 16.2 Å². The molecule has 2 fully saturated rings. The number of ether oxygens (including phenoxy) is 1. The first-order valence-electron chi connectivity index (χ1n) is 10.8. The van der Waals surface area contributed by atoms with Crippen molar-refractivity contribution in [1.82, 2.24) is 14.2 Å². The minimum atomic E-state index is -4.05. The summed E-state index contributed by atoms with van der Waals surface area (Å²) in [5.41, 5.74) is 0. The Kier molecular flexibility index (Phi) is 7.83. The Morgan fingerprint density at radius 1 is 1.32 bits per heavy atom. The average molecular weight is 531 g/mol. The van der Waals surface area contributed by atoms with Crippen LogP contribution in [0.15, 0.2) is 35.4 Å². The van der Waals surface area contributed by atoms with E-state index in [1.807, 2.05) is 0 Å². The molecule has 4 rings (SSSR count). The maximum Gasteiger partial charge on any atom is 0.248 e. The lowest BCUT2D eigenvalue weighted by molar-refractivity contribution is -0.142. The average Bonchev–Trinajstić information content (AvgIpc) is 3.22. The first-order valence-corrected chi connectivity index (χ1v) is 13.4. The van der Waals surface area contributed by atoms with E-state index in [0.29, 0.717) is 29.1 Å². The van der Waals surface area contributed by atoms with E-state index in [9.17, 15) is 22.4 Å². The van der Waals surface area contributed by atoms with E-state index in [4.69, 9.17) is 16.3 Å². The number of hydrogen-bond donors (Lipinski definition) is 1. The van der Waals surface area contributed by atoms with Crippen LogP contribution in [0.4, 0.5) is 9.52 Å². The highest BCUT2D eigenvalue weighted by atomic mass is 35.5. The molecule has 2 aliphatic rings. The molecule has 184 valence electrons. The molecule has 2 amide bonds. The molecular formula is C21H24ClFN4O5S2. The monoisotopic (exact) mass is 530 g/mol. The maximum atomic E-state index is 13.6. The number of sulfonamides is 1. The Morgan fingerprint density at radius 2 is 2.09 bits per heavy atom. The van der Waals surface area contributed by atoms with Gasteiger partial charge in [-0.25, -0.2) is 17.8 Å². The van der Waals surface area contributed by atoms with Crippen LogP contribution in [0, 0.1) is 11.7 Å². The van der Waals surface area contributed by atoms with Crippen LogP contribution >= 0.6 is 22.9 Å². The quantitative estimate of drug-likeness (QED) is 0.589. The van der Waals surface area contributed by atoms with E-state index < -0.39 is 40.2 Å². The van der Waals surface area contributed by atoms with Crippen molar-refractivity contribution in [2.24, 2.45) is 5.92 Å². The Bertz CT molecular complexity index is 1160.